The Kier molecular flexibility index (Phi) is 6.27. The molecule has 0 aliphatic carbocycles. The maximum atomic E-state index is 11.8. The molecule has 0 aromatic heterocycles. The van der Waals surface area contributed by atoms with Crippen LogP contribution < -0.4 is 15.4 Å². The quantitative estimate of drug-likeness (QED) is 0.821. The number of carbonyl (C=O) groups excluding carboxylic acids is 2. The van der Waals surface area contributed by atoms with Crippen LogP contribution in [0, 0.1) is 0 Å². The zero-order chi connectivity index (χ0) is 15.1. The van der Waals surface area contributed by atoms with Crippen LogP contribution in [-0.2, 0) is 9.59 Å². The predicted molar refractivity (Wildman–Crippen MR) is 78.2 cm³/mol. The summed E-state index contributed by atoms with van der Waals surface area (Å²) in [5, 5.41) is 5.62. The minimum absolute atomic E-state index is 0.108. The van der Waals surface area contributed by atoms with E-state index in [0.29, 0.717) is 16.5 Å². The van der Waals surface area contributed by atoms with Gasteiger partial charge in [-0.15, -0.1) is 0 Å². The maximum absolute atomic E-state index is 11.8. The molecule has 1 aromatic carbocycles. The van der Waals surface area contributed by atoms with Gasteiger partial charge in [-0.3, -0.25) is 14.5 Å². The van der Waals surface area contributed by atoms with E-state index in [1.807, 2.05) is 0 Å². The molecule has 1 aromatic rings. The van der Waals surface area contributed by atoms with E-state index < -0.39 is 0 Å². The molecule has 0 heterocycles. The van der Waals surface area contributed by atoms with E-state index in [4.69, 9.17) is 16.3 Å². The van der Waals surface area contributed by atoms with Crippen LogP contribution in [0.15, 0.2) is 18.2 Å². The van der Waals surface area contributed by atoms with Gasteiger partial charge in [0.1, 0.15) is 5.75 Å². The number of rotatable bonds is 6. The summed E-state index contributed by atoms with van der Waals surface area (Å²) in [5.74, 6) is 0.173. The maximum Gasteiger partial charge on any atom is 0.238 e. The molecular formula is C13H18ClN3O3. The first-order valence-corrected chi connectivity index (χ1v) is 6.36. The smallest absolute Gasteiger partial charge is 0.238 e. The number of amides is 2. The summed E-state index contributed by atoms with van der Waals surface area (Å²) in [5.41, 5.74) is 0.578. The van der Waals surface area contributed by atoms with Crippen molar-refractivity contribution in [3.05, 3.63) is 23.2 Å². The van der Waals surface area contributed by atoms with Gasteiger partial charge in [0.2, 0.25) is 11.8 Å². The van der Waals surface area contributed by atoms with Crippen LogP contribution in [0.3, 0.4) is 0 Å². The standard InChI is InChI=1S/C13H18ClN3O3/c1-15-12(18)7-17(2)8-13(19)16-9-4-5-11(20-3)10(14)6-9/h4-6H,7-8H2,1-3H3,(H,15,18)(H,16,19). The third-order valence-corrected chi connectivity index (χ3v) is 2.84. The van der Waals surface area contributed by atoms with Gasteiger partial charge in [0.25, 0.3) is 0 Å². The number of hydrogen-bond donors (Lipinski definition) is 2. The van der Waals surface area contributed by atoms with Gasteiger partial charge in [-0.05, 0) is 25.2 Å². The summed E-state index contributed by atoms with van der Waals surface area (Å²) in [6.07, 6.45) is 0. The minimum atomic E-state index is -0.224. The average Bonchev–Trinajstić information content (AvgIpc) is 2.38. The summed E-state index contributed by atoms with van der Waals surface area (Å²) >= 11 is 5.97. The topological polar surface area (TPSA) is 70.7 Å². The molecule has 0 radical (unpaired) electrons. The molecular weight excluding hydrogens is 282 g/mol. The van der Waals surface area contributed by atoms with Crippen molar-refractivity contribution < 1.29 is 14.3 Å². The van der Waals surface area contributed by atoms with Gasteiger partial charge in [-0.1, -0.05) is 11.6 Å². The number of carbonyl (C=O) groups is 2. The molecule has 0 bridgehead atoms. The molecule has 6 nitrogen and oxygen atoms in total. The Labute approximate surface area is 123 Å². The van der Waals surface area contributed by atoms with E-state index >= 15 is 0 Å². The molecule has 0 saturated heterocycles. The summed E-state index contributed by atoms with van der Waals surface area (Å²) < 4.78 is 5.03. The van der Waals surface area contributed by atoms with Crippen molar-refractivity contribution in [3.8, 4) is 5.75 Å². The lowest BCUT2D eigenvalue weighted by atomic mass is 10.3. The highest BCUT2D eigenvalue weighted by atomic mass is 35.5. The van der Waals surface area contributed by atoms with Crippen LogP contribution in [-0.4, -0.2) is 51.0 Å². The van der Waals surface area contributed by atoms with Gasteiger partial charge < -0.3 is 15.4 Å². The highest BCUT2D eigenvalue weighted by Gasteiger charge is 2.10. The molecule has 0 saturated carbocycles. The average molecular weight is 300 g/mol. The fourth-order valence-electron chi connectivity index (χ4n) is 1.57. The van der Waals surface area contributed by atoms with E-state index in [1.54, 1.807) is 37.2 Å². The van der Waals surface area contributed by atoms with E-state index in [1.165, 1.54) is 7.11 Å². The zero-order valence-electron chi connectivity index (χ0n) is 11.7. The lowest BCUT2D eigenvalue weighted by Gasteiger charge is -2.15. The predicted octanol–water partition coefficient (Wildman–Crippen LogP) is 0.965. The molecule has 2 N–H and O–H groups in total. The van der Waals surface area contributed by atoms with Crippen LogP contribution in [0.2, 0.25) is 5.02 Å². The Bertz CT molecular complexity index is 494. The number of likely N-dealkylation sites (N-methyl/N-ethyl adjacent to an activating group) is 2. The first-order chi connectivity index (χ1) is 9.46. The van der Waals surface area contributed by atoms with Crippen molar-refractivity contribution in [3.63, 3.8) is 0 Å². The number of anilines is 1. The van der Waals surface area contributed by atoms with E-state index in [9.17, 15) is 9.59 Å². The van der Waals surface area contributed by atoms with Gasteiger partial charge in [0.05, 0.1) is 25.2 Å². The Hall–Kier alpha value is -1.79. The van der Waals surface area contributed by atoms with E-state index in [0.717, 1.165) is 0 Å². The van der Waals surface area contributed by atoms with E-state index in [-0.39, 0.29) is 24.9 Å². The molecule has 110 valence electrons. The SMILES string of the molecule is CNC(=O)CN(C)CC(=O)Nc1ccc(OC)c(Cl)c1. The molecule has 1 rings (SSSR count). The summed E-state index contributed by atoms with van der Waals surface area (Å²) in [6, 6.07) is 4.98. The van der Waals surface area contributed by atoms with Crippen LogP contribution >= 0.6 is 11.6 Å². The van der Waals surface area contributed by atoms with Crippen LogP contribution in [0.25, 0.3) is 0 Å². The molecule has 0 spiro atoms. The van der Waals surface area contributed by atoms with Crippen molar-refractivity contribution in [2.75, 3.05) is 39.6 Å². The number of ether oxygens (including phenoxy) is 1. The zero-order valence-corrected chi connectivity index (χ0v) is 12.5. The summed E-state index contributed by atoms with van der Waals surface area (Å²) in [4.78, 5) is 24.6. The second-order valence-electron chi connectivity index (χ2n) is 4.24. The minimum Gasteiger partial charge on any atom is -0.495 e. The second kappa shape index (κ2) is 7.72. The van der Waals surface area contributed by atoms with Crippen molar-refractivity contribution in [1.29, 1.82) is 0 Å². The van der Waals surface area contributed by atoms with Gasteiger partial charge in [-0.2, -0.15) is 0 Å². The second-order valence-corrected chi connectivity index (χ2v) is 4.65. The monoisotopic (exact) mass is 299 g/mol. The fourth-order valence-corrected chi connectivity index (χ4v) is 1.83. The third kappa shape index (κ3) is 5.07. The van der Waals surface area contributed by atoms with Gasteiger partial charge in [0, 0.05) is 12.7 Å². The molecule has 7 heteroatoms. The van der Waals surface area contributed by atoms with Crippen LogP contribution in [0.4, 0.5) is 5.69 Å². The molecule has 2 amide bonds. The first kappa shape index (κ1) is 16.3. The van der Waals surface area contributed by atoms with Crippen molar-refractivity contribution in [2.24, 2.45) is 0 Å². The summed E-state index contributed by atoms with van der Waals surface area (Å²) in [6.45, 7) is 0.268. The van der Waals surface area contributed by atoms with Gasteiger partial charge >= 0.3 is 0 Å². The fraction of sp³-hybridized carbons (Fsp3) is 0.385. The van der Waals surface area contributed by atoms with Crippen LogP contribution in [0.1, 0.15) is 0 Å². The number of nitrogens with zero attached hydrogens (tertiary/aromatic N) is 1. The van der Waals surface area contributed by atoms with Crippen molar-refractivity contribution in [2.45, 2.75) is 0 Å². The molecule has 0 fully saturated rings. The molecule has 0 unspecified atom stereocenters. The number of benzene rings is 1. The first-order valence-electron chi connectivity index (χ1n) is 5.98. The third-order valence-electron chi connectivity index (χ3n) is 2.54. The van der Waals surface area contributed by atoms with E-state index in [2.05, 4.69) is 10.6 Å². The summed E-state index contributed by atoms with van der Waals surface area (Å²) in [7, 11) is 4.76. The normalized spacial score (nSPS) is 10.2. The number of hydrogen-bond acceptors (Lipinski definition) is 4. The van der Waals surface area contributed by atoms with Crippen molar-refractivity contribution in [1.82, 2.24) is 10.2 Å². The molecule has 0 aliphatic heterocycles. The van der Waals surface area contributed by atoms with Crippen LogP contribution in [0.5, 0.6) is 5.75 Å². The molecule has 0 aliphatic rings. The number of nitrogens with one attached hydrogen (secondary N) is 2. The Morgan fingerprint density at radius 3 is 2.50 bits per heavy atom. The van der Waals surface area contributed by atoms with Crippen molar-refractivity contribution >= 4 is 29.1 Å². The van der Waals surface area contributed by atoms with Gasteiger partial charge in [-0.25, -0.2) is 0 Å². The lowest BCUT2D eigenvalue weighted by Crippen LogP contribution is -2.37. The molecule has 0 atom stereocenters. The number of methoxy groups -OCH3 is 1. The Morgan fingerprint density at radius 2 is 1.95 bits per heavy atom. The number of halogens is 1. The largest absolute Gasteiger partial charge is 0.495 e. The highest BCUT2D eigenvalue weighted by Crippen LogP contribution is 2.27. The Morgan fingerprint density at radius 1 is 1.30 bits per heavy atom. The molecule has 20 heavy (non-hydrogen) atoms. The Balaban J connectivity index is 2.54. The lowest BCUT2D eigenvalue weighted by molar-refractivity contribution is -0.122. The van der Waals surface area contributed by atoms with Gasteiger partial charge in [0.15, 0.2) is 0 Å². The highest BCUT2D eigenvalue weighted by molar-refractivity contribution is 6.32.